The van der Waals surface area contributed by atoms with Crippen LogP contribution in [0.2, 0.25) is 0 Å². The Balaban J connectivity index is 0.000000302. The lowest BCUT2D eigenvalue weighted by Gasteiger charge is -1.92. The van der Waals surface area contributed by atoms with Crippen LogP contribution in [-0.4, -0.2) is 18.7 Å². The van der Waals surface area contributed by atoms with Crippen molar-refractivity contribution in [2.75, 3.05) is 5.75 Å². The monoisotopic (exact) mass is 374 g/mol. The van der Waals surface area contributed by atoms with Gasteiger partial charge in [-0.15, -0.1) is 0 Å². The second kappa shape index (κ2) is 8.82. The van der Waals surface area contributed by atoms with Gasteiger partial charge >= 0.3 is 0 Å². The van der Waals surface area contributed by atoms with Gasteiger partial charge in [0.15, 0.2) is 0 Å². The first-order valence-electron chi connectivity index (χ1n) is 5.22. The zero-order valence-electron chi connectivity index (χ0n) is 9.57. The third-order valence-corrected chi connectivity index (χ3v) is 3.51. The Hall–Kier alpha value is -0.210. The van der Waals surface area contributed by atoms with Gasteiger partial charge < -0.3 is 0 Å². The van der Waals surface area contributed by atoms with E-state index in [1.165, 1.54) is 6.07 Å². The van der Waals surface area contributed by atoms with Crippen LogP contribution in [0, 0.1) is 9.39 Å². The summed E-state index contributed by atoms with van der Waals surface area (Å²) in [7, 11) is -3.70. The van der Waals surface area contributed by atoms with E-state index >= 15 is 0 Å². The lowest BCUT2D eigenvalue weighted by Crippen LogP contribution is -2.02. The predicted molar refractivity (Wildman–Crippen MR) is 75.1 cm³/mol. The summed E-state index contributed by atoms with van der Waals surface area (Å²) in [4.78, 5) is 0. The number of halogens is 2. The third-order valence-electron chi connectivity index (χ3n) is 1.83. The fraction of sp³-hybridized carbons (Fsp3) is 0.455. The molecule has 0 aliphatic rings. The van der Waals surface area contributed by atoms with Crippen LogP contribution in [0.5, 0.6) is 0 Å². The standard InChI is InChI=1S/C6H4FI.C5H12O3S/c7-5-3-1-2-4-6(5)8;1-2-3-4-5-9(6,7)8/h1-4H;2-5H2,1H3,(H,6,7,8). The second-order valence-electron chi connectivity index (χ2n) is 3.41. The molecule has 0 radical (unpaired) electrons. The van der Waals surface area contributed by atoms with E-state index in [1.807, 2.05) is 35.6 Å². The highest BCUT2D eigenvalue weighted by molar-refractivity contribution is 14.1. The Morgan fingerprint density at radius 2 is 1.88 bits per heavy atom. The Kier molecular flexibility index (Phi) is 8.71. The van der Waals surface area contributed by atoms with Crippen molar-refractivity contribution in [3.63, 3.8) is 0 Å². The summed E-state index contributed by atoms with van der Waals surface area (Å²) in [5.41, 5.74) is 0. The van der Waals surface area contributed by atoms with Crippen molar-refractivity contribution >= 4 is 32.7 Å². The molecule has 0 saturated heterocycles. The molecule has 0 unspecified atom stereocenters. The molecule has 1 aromatic carbocycles. The maximum Gasteiger partial charge on any atom is 0.264 e. The molecule has 0 aliphatic carbocycles. The summed E-state index contributed by atoms with van der Waals surface area (Å²) in [5, 5.41) is 0. The first-order valence-corrected chi connectivity index (χ1v) is 7.90. The number of benzene rings is 1. The number of hydrogen-bond acceptors (Lipinski definition) is 2. The van der Waals surface area contributed by atoms with Gasteiger partial charge in [-0.2, -0.15) is 8.42 Å². The van der Waals surface area contributed by atoms with E-state index < -0.39 is 10.1 Å². The summed E-state index contributed by atoms with van der Waals surface area (Å²) in [6, 6.07) is 6.67. The molecule has 0 saturated carbocycles. The van der Waals surface area contributed by atoms with Gasteiger partial charge in [-0.05, 0) is 41.1 Å². The van der Waals surface area contributed by atoms with Gasteiger partial charge in [-0.25, -0.2) is 4.39 Å². The summed E-state index contributed by atoms with van der Waals surface area (Å²) in [6.07, 6.45) is 2.39. The van der Waals surface area contributed by atoms with E-state index in [9.17, 15) is 12.8 Å². The molecule has 0 aromatic heterocycles. The summed E-state index contributed by atoms with van der Waals surface area (Å²) in [5.74, 6) is -0.242. The van der Waals surface area contributed by atoms with Crippen molar-refractivity contribution in [1.82, 2.24) is 0 Å². The lowest BCUT2D eigenvalue weighted by molar-refractivity contribution is 0.480. The molecule has 17 heavy (non-hydrogen) atoms. The van der Waals surface area contributed by atoms with E-state index in [0.29, 0.717) is 9.99 Å². The van der Waals surface area contributed by atoms with Crippen LogP contribution in [0.1, 0.15) is 26.2 Å². The molecule has 0 atom stereocenters. The fourth-order valence-corrected chi connectivity index (χ4v) is 1.93. The van der Waals surface area contributed by atoms with Crippen molar-refractivity contribution in [2.45, 2.75) is 26.2 Å². The Morgan fingerprint density at radius 1 is 1.29 bits per heavy atom. The number of hydrogen-bond donors (Lipinski definition) is 1. The van der Waals surface area contributed by atoms with E-state index in [1.54, 1.807) is 12.1 Å². The molecule has 1 N–H and O–H groups in total. The zero-order valence-corrected chi connectivity index (χ0v) is 12.5. The highest BCUT2D eigenvalue weighted by Crippen LogP contribution is 2.07. The third kappa shape index (κ3) is 10.7. The molecule has 98 valence electrons. The van der Waals surface area contributed by atoms with Crippen LogP contribution in [-0.2, 0) is 10.1 Å². The second-order valence-corrected chi connectivity index (χ2v) is 6.14. The molecule has 0 bridgehead atoms. The molecule has 0 spiro atoms. The molecule has 6 heteroatoms. The molecule has 0 heterocycles. The first kappa shape index (κ1) is 16.8. The Bertz CT molecular complexity index is 399. The van der Waals surface area contributed by atoms with Crippen LogP contribution < -0.4 is 0 Å². The maximum absolute atomic E-state index is 12.3. The van der Waals surface area contributed by atoms with E-state index in [0.717, 1.165) is 12.8 Å². The van der Waals surface area contributed by atoms with Gasteiger partial charge in [0.2, 0.25) is 0 Å². The smallest absolute Gasteiger partial charge is 0.264 e. The van der Waals surface area contributed by atoms with Crippen LogP contribution >= 0.6 is 22.6 Å². The van der Waals surface area contributed by atoms with Crippen LogP contribution in [0.15, 0.2) is 24.3 Å². The maximum atomic E-state index is 12.3. The van der Waals surface area contributed by atoms with E-state index in [-0.39, 0.29) is 11.6 Å². The predicted octanol–water partition coefficient (Wildman–Crippen LogP) is 3.49. The van der Waals surface area contributed by atoms with Crippen molar-refractivity contribution in [3.8, 4) is 0 Å². The molecular weight excluding hydrogens is 358 g/mol. The van der Waals surface area contributed by atoms with Crippen molar-refractivity contribution < 1.29 is 17.4 Å². The largest absolute Gasteiger partial charge is 0.286 e. The van der Waals surface area contributed by atoms with Crippen LogP contribution in [0.25, 0.3) is 0 Å². The minimum Gasteiger partial charge on any atom is -0.286 e. The Labute approximate surface area is 115 Å². The quantitative estimate of drug-likeness (QED) is 0.499. The molecule has 3 nitrogen and oxygen atoms in total. The molecule has 0 fully saturated rings. The van der Waals surface area contributed by atoms with Crippen molar-refractivity contribution in [2.24, 2.45) is 0 Å². The highest BCUT2D eigenvalue weighted by Gasteiger charge is 2.01. The molecule has 1 aromatic rings. The summed E-state index contributed by atoms with van der Waals surface area (Å²) >= 11 is 1.95. The van der Waals surface area contributed by atoms with Crippen LogP contribution in [0.4, 0.5) is 4.39 Å². The summed E-state index contributed by atoms with van der Waals surface area (Å²) < 4.78 is 41.3. The van der Waals surface area contributed by atoms with Gasteiger partial charge in [-0.1, -0.05) is 31.9 Å². The molecule has 0 aliphatic heterocycles. The van der Waals surface area contributed by atoms with Gasteiger partial charge in [0, 0.05) is 3.57 Å². The van der Waals surface area contributed by atoms with Crippen molar-refractivity contribution in [3.05, 3.63) is 33.7 Å². The minimum atomic E-state index is -3.70. The number of unbranched alkanes of at least 4 members (excludes halogenated alkanes) is 2. The molecular formula is C11H16FIO3S. The van der Waals surface area contributed by atoms with Gasteiger partial charge in [-0.3, -0.25) is 4.55 Å². The lowest BCUT2D eigenvalue weighted by atomic mass is 10.3. The normalized spacial score (nSPS) is 10.6. The minimum absolute atomic E-state index is 0.0964. The first-order chi connectivity index (χ1) is 7.87. The fourth-order valence-electron chi connectivity index (χ4n) is 0.974. The van der Waals surface area contributed by atoms with E-state index in [2.05, 4.69) is 0 Å². The zero-order chi connectivity index (χ0) is 13.3. The topological polar surface area (TPSA) is 54.4 Å². The van der Waals surface area contributed by atoms with Gasteiger partial charge in [0.1, 0.15) is 5.82 Å². The average molecular weight is 374 g/mol. The number of rotatable bonds is 4. The van der Waals surface area contributed by atoms with Crippen LogP contribution in [0.3, 0.4) is 0 Å². The van der Waals surface area contributed by atoms with Gasteiger partial charge in [0.25, 0.3) is 10.1 Å². The highest BCUT2D eigenvalue weighted by atomic mass is 127. The summed E-state index contributed by atoms with van der Waals surface area (Å²) in [6.45, 7) is 1.98. The SMILES string of the molecule is CCCCCS(=O)(=O)O.Fc1ccccc1I. The Morgan fingerprint density at radius 3 is 2.24 bits per heavy atom. The van der Waals surface area contributed by atoms with E-state index in [4.69, 9.17) is 4.55 Å². The average Bonchev–Trinajstić information content (AvgIpc) is 2.22. The molecule has 1 rings (SSSR count). The van der Waals surface area contributed by atoms with Crippen molar-refractivity contribution in [1.29, 1.82) is 0 Å². The van der Waals surface area contributed by atoms with Gasteiger partial charge in [0.05, 0.1) is 5.75 Å². The molecule has 0 amide bonds.